The summed E-state index contributed by atoms with van der Waals surface area (Å²) in [5.41, 5.74) is 0. The summed E-state index contributed by atoms with van der Waals surface area (Å²) < 4.78 is 0. The van der Waals surface area contributed by atoms with Gasteiger partial charge in [-0.2, -0.15) is 10.2 Å². The minimum absolute atomic E-state index is 0.432. The molecule has 0 aromatic rings. The molecule has 0 aromatic heterocycles. The van der Waals surface area contributed by atoms with Gasteiger partial charge in [-0.25, -0.2) is 9.98 Å². The molecule has 0 aromatic carbocycles. The summed E-state index contributed by atoms with van der Waals surface area (Å²) in [6.07, 6.45) is 0.962. The highest BCUT2D eigenvalue weighted by molar-refractivity contribution is 5.85. The summed E-state index contributed by atoms with van der Waals surface area (Å²) in [7, 11) is 0. The topological polar surface area (TPSA) is 74.2 Å². The first-order valence-electron chi connectivity index (χ1n) is 5.92. The molecule has 6 nitrogen and oxygen atoms in total. The quantitative estimate of drug-likeness (QED) is 0.721. The number of aliphatic imine (C=N–C) groups is 2. The zero-order valence-corrected chi connectivity index (χ0v) is 11.0. The Hall–Kier alpha value is -1.46. The largest absolute Gasteiger partial charge is 0.243 e. The number of hydrogen-bond acceptors (Lipinski definition) is 6. The van der Waals surface area contributed by atoms with E-state index in [9.17, 15) is 0 Å². The summed E-state index contributed by atoms with van der Waals surface area (Å²) in [5, 5.41) is 15.1. The fraction of sp³-hybridized carbons (Fsp3) is 0.818. The molecular weight excluding hydrogens is 216 g/mol. The maximum atomic E-state index is 4.06. The Kier molecular flexibility index (Phi) is 5.59. The van der Waals surface area contributed by atoms with Crippen molar-refractivity contribution < 1.29 is 0 Å². The lowest BCUT2D eigenvalue weighted by Crippen LogP contribution is -1.99. The number of nitrogens with zero attached hydrogens (tertiary/aromatic N) is 6. The lowest BCUT2D eigenvalue weighted by molar-refractivity contribution is 0.681. The Morgan fingerprint density at radius 2 is 1.59 bits per heavy atom. The van der Waals surface area contributed by atoms with Gasteiger partial charge in [0.2, 0.25) is 0 Å². The molecule has 0 saturated carbocycles. The molecule has 2 rings (SSSR count). The molecule has 2 heterocycles. The van der Waals surface area contributed by atoms with Gasteiger partial charge >= 0.3 is 0 Å². The fourth-order valence-electron chi connectivity index (χ4n) is 1.27. The maximum Gasteiger partial charge on any atom is 0.152 e. The van der Waals surface area contributed by atoms with E-state index >= 15 is 0 Å². The van der Waals surface area contributed by atoms with Crippen LogP contribution in [0.25, 0.3) is 0 Å². The van der Waals surface area contributed by atoms with Crippen LogP contribution in [-0.4, -0.2) is 25.0 Å². The third-order valence-electron chi connectivity index (χ3n) is 2.08. The molecule has 0 radical (unpaired) electrons. The Morgan fingerprint density at radius 3 is 1.94 bits per heavy atom. The van der Waals surface area contributed by atoms with E-state index in [0.29, 0.717) is 25.2 Å². The summed E-state index contributed by atoms with van der Waals surface area (Å²) in [6.45, 7) is 9.49. The van der Waals surface area contributed by atoms with Gasteiger partial charge in [0.05, 0.1) is 0 Å². The van der Waals surface area contributed by atoms with Crippen molar-refractivity contribution in [3.8, 4) is 0 Å². The molecule has 0 N–H and O–H groups in total. The molecule has 0 saturated heterocycles. The molecule has 2 aliphatic rings. The second-order valence-corrected chi connectivity index (χ2v) is 4.61. The Labute approximate surface area is 102 Å². The smallest absolute Gasteiger partial charge is 0.152 e. The van der Waals surface area contributed by atoms with Crippen LogP contribution < -0.4 is 0 Å². The normalized spacial score (nSPS) is 17.3. The predicted octanol–water partition coefficient (Wildman–Crippen LogP) is 3.32. The zero-order chi connectivity index (χ0) is 12.7. The fourth-order valence-corrected chi connectivity index (χ4v) is 1.27. The Balaban J connectivity index is 0.000000171. The van der Waals surface area contributed by atoms with E-state index in [2.05, 4.69) is 58.1 Å². The number of amidine groups is 2. The molecule has 17 heavy (non-hydrogen) atoms. The van der Waals surface area contributed by atoms with Gasteiger partial charge in [-0.15, -0.1) is 10.2 Å². The zero-order valence-electron chi connectivity index (χ0n) is 11.0. The van der Waals surface area contributed by atoms with Gasteiger partial charge in [-0.3, -0.25) is 0 Å². The van der Waals surface area contributed by atoms with Crippen LogP contribution in [0.2, 0.25) is 0 Å². The Bertz CT molecular complexity index is 351. The van der Waals surface area contributed by atoms with Crippen molar-refractivity contribution in [2.45, 2.75) is 34.1 Å². The highest BCUT2D eigenvalue weighted by atomic mass is 15.3. The molecular formula is C11H20N6. The van der Waals surface area contributed by atoms with Crippen LogP contribution in [0.15, 0.2) is 30.4 Å². The third-order valence-corrected chi connectivity index (χ3v) is 2.08. The van der Waals surface area contributed by atoms with E-state index in [4.69, 9.17) is 0 Å². The minimum atomic E-state index is 0.432. The van der Waals surface area contributed by atoms with E-state index in [1.807, 2.05) is 0 Å². The molecule has 0 aliphatic carbocycles. The number of azo groups is 2. The molecule has 2 aliphatic heterocycles. The van der Waals surface area contributed by atoms with Crippen molar-refractivity contribution in [3.05, 3.63) is 0 Å². The summed E-state index contributed by atoms with van der Waals surface area (Å²) >= 11 is 0. The average Bonchev–Trinajstić information content (AvgIpc) is 2.87. The van der Waals surface area contributed by atoms with Gasteiger partial charge in [0.25, 0.3) is 0 Å². The lowest BCUT2D eigenvalue weighted by atomic mass is 10.1. The van der Waals surface area contributed by atoms with Gasteiger partial charge in [-0.1, -0.05) is 27.7 Å². The van der Waals surface area contributed by atoms with Gasteiger partial charge in [0.1, 0.15) is 11.7 Å². The minimum Gasteiger partial charge on any atom is -0.243 e. The molecule has 0 unspecified atom stereocenters. The second-order valence-electron chi connectivity index (χ2n) is 4.61. The molecule has 94 valence electrons. The summed E-state index contributed by atoms with van der Waals surface area (Å²) in [5.74, 6) is 2.86. The van der Waals surface area contributed by atoms with Gasteiger partial charge in [-0.05, 0) is 5.92 Å². The van der Waals surface area contributed by atoms with Crippen molar-refractivity contribution in [2.24, 2.45) is 42.3 Å². The molecule has 0 bridgehead atoms. The SMILES string of the molecule is CC(C)C1=NCN=N1.CC(C)CC1=NCN=N1. The number of hydrogen-bond donors (Lipinski definition) is 0. The molecule has 6 heteroatoms. The highest BCUT2D eigenvalue weighted by Crippen LogP contribution is 2.06. The monoisotopic (exact) mass is 236 g/mol. The van der Waals surface area contributed by atoms with Gasteiger partial charge in [0.15, 0.2) is 13.3 Å². The second kappa shape index (κ2) is 6.98. The van der Waals surface area contributed by atoms with E-state index < -0.39 is 0 Å². The molecule has 0 spiro atoms. The third kappa shape index (κ3) is 5.42. The summed E-state index contributed by atoms with van der Waals surface area (Å²) in [6, 6.07) is 0. The first-order chi connectivity index (χ1) is 8.09. The van der Waals surface area contributed by atoms with Crippen LogP contribution in [0.5, 0.6) is 0 Å². The van der Waals surface area contributed by atoms with Gasteiger partial charge in [0, 0.05) is 12.3 Å². The van der Waals surface area contributed by atoms with Crippen LogP contribution in [0.4, 0.5) is 0 Å². The number of rotatable bonds is 3. The van der Waals surface area contributed by atoms with E-state index in [0.717, 1.165) is 18.1 Å². The van der Waals surface area contributed by atoms with E-state index in [1.54, 1.807) is 0 Å². The van der Waals surface area contributed by atoms with Gasteiger partial charge < -0.3 is 0 Å². The molecule has 0 fully saturated rings. The van der Waals surface area contributed by atoms with E-state index in [1.165, 1.54) is 0 Å². The first-order valence-corrected chi connectivity index (χ1v) is 5.92. The van der Waals surface area contributed by atoms with Crippen molar-refractivity contribution in [1.29, 1.82) is 0 Å². The van der Waals surface area contributed by atoms with Crippen LogP contribution >= 0.6 is 0 Å². The first kappa shape index (κ1) is 13.6. The van der Waals surface area contributed by atoms with E-state index in [-0.39, 0.29) is 0 Å². The summed E-state index contributed by atoms with van der Waals surface area (Å²) in [4.78, 5) is 8.08. The van der Waals surface area contributed by atoms with Crippen molar-refractivity contribution >= 4 is 11.7 Å². The van der Waals surface area contributed by atoms with Crippen LogP contribution in [0.3, 0.4) is 0 Å². The predicted molar refractivity (Wildman–Crippen MR) is 68.6 cm³/mol. The highest BCUT2D eigenvalue weighted by Gasteiger charge is 2.05. The van der Waals surface area contributed by atoms with Crippen molar-refractivity contribution in [3.63, 3.8) is 0 Å². The van der Waals surface area contributed by atoms with Crippen LogP contribution in [0.1, 0.15) is 34.1 Å². The molecule has 0 atom stereocenters. The van der Waals surface area contributed by atoms with Crippen LogP contribution in [-0.2, 0) is 0 Å². The van der Waals surface area contributed by atoms with Crippen molar-refractivity contribution in [1.82, 2.24) is 0 Å². The average molecular weight is 236 g/mol. The standard InChI is InChI=1S/C6H11N3.C5H9N3/c1-5(2)3-6-7-4-8-9-6;1-4(2)5-6-3-7-8-5/h5H,3-4H2,1-2H3;4H,3H2,1-2H3. The Morgan fingerprint density at radius 1 is 0.941 bits per heavy atom. The van der Waals surface area contributed by atoms with Crippen LogP contribution in [0, 0.1) is 11.8 Å². The van der Waals surface area contributed by atoms with Crippen molar-refractivity contribution in [2.75, 3.05) is 13.3 Å². The molecule has 0 amide bonds. The maximum absolute atomic E-state index is 4.06. The lowest BCUT2D eigenvalue weighted by Gasteiger charge is -1.97.